The van der Waals surface area contributed by atoms with Gasteiger partial charge in [0.1, 0.15) is 10.7 Å². The summed E-state index contributed by atoms with van der Waals surface area (Å²) in [5.74, 6) is 0.608. The Kier molecular flexibility index (Phi) is 5.61. The van der Waals surface area contributed by atoms with Gasteiger partial charge in [0.25, 0.3) is 0 Å². The molecule has 2 heterocycles. The van der Waals surface area contributed by atoms with Crippen molar-refractivity contribution < 1.29 is 0 Å². The van der Waals surface area contributed by atoms with E-state index in [2.05, 4.69) is 36.1 Å². The molecular weight excluding hydrogens is 268 g/mol. The molecule has 2 aromatic heterocycles. The van der Waals surface area contributed by atoms with Gasteiger partial charge in [-0.15, -0.1) is 11.3 Å². The number of hydrogen-bond acceptors (Lipinski definition) is 5. The number of rotatable bonds is 7. The van der Waals surface area contributed by atoms with Crippen molar-refractivity contribution in [2.45, 2.75) is 40.2 Å². The van der Waals surface area contributed by atoms with Crippen molar-refractivity contribution in [3.05, 3.63) is 29.2 Å². The number of aromatic nitrogens is 3. The SMILES string of the molecule is CCCNCc1sc(-c2cnccn2)nc1CC(C)C. The van der Waals surface area contributed by atoms with Crippen molar-refractivity contribution in [2.75, 3.05) is 6.54 Å². The first kappa shape index (κ1) is 15.1. The summed E-state index contributed by atoms with van der Waals surface area (Å²) in [7, 11) is 0. The molecule has 1 N–H and O–H groups in total. The zero-order valence-electron chi connectivity index (χ0n) is 12.4. The summed E-state index contributed by atoms with van der Waals surface area (Å²) in [6.45, 7) is 8.57. The second kappa shape index (κ2) is 7.45. The Morgan fingerprint density at radius 2 is 2.15 bits per heavy atom. The third kappa shape index (κ3) is 4.08. The summed E-state index contributed by atoms with van der Waals surface area (Å²) in [5.41, 5.74) is 2.07. The van der Waals surface area contributed by atoms with E-state index in [1.165, 1.54) is 10.6 Å². The molecule has 4 nitrogen and oxygen atoms in total. The van der Waals surface area contributed by atoms with Crippen LogP contribution in [0.25, 0.3) is 10.7 Å². The maximum Gasteiger partial charge on any atom is 0.144 e. The summed E-state index contributed by atoms with van der Waals surface area (Å²) < 4.78 is 0. The number of nitrogens with zero attached hydrogens (tertiary/aromatic N) is 3. The second-order valence-electron chi connectivity index (χ2n) is 5.25. The Balaban J connectivity index is 2.22. The van der Waals surface area contributed by atoms with E-state index in [0.717, 1.165) is 36.6 Å². The molecule has 0 fully saturated rings. The van der Waals surface area contributed by atoms with Gasteiger partial charge in [0.05, 0.1) is 11.9 Å². The standard InChI is InChI=1S/C15H22N4S/c1-4-5-16-10-14-12(8-11(2)3)19-15(20-14)13-9-17-6-7-18-13/h6-7,9,11,16H,4-5,8,10H2,1-3H3. The molecule has 0 atom stereocenters. The molecule has 0 aromatic carbocycles. The van der Waals surface area contributed by atoms with E-state index < -0.39 is 0 Å². The first-order valence-electron chi connectivity index (χ1n) is 7.16. The summed E-state index contributed by atoms with van der Waals surface area (Å²) >= 11 is 1.73. The summed E-state index contributed by atoms with van der Waals surface area (Å²) in [6.07, 6.45) is 7.35. The molecule has 5 heteroatoms. The molecule has 2 aromatic rings. The Labute approximate surface area is 124 Å². The Morgan fingerprint density at radius 3 is 2.80 bits per heavy atom. The van der Waals surface area contributed by atoms with Crippen LogP contribution in [-0.4, -0.2) is 21.5 Å². The number of hydrogen-bond donors (Lipinski definition) is 1. The van der Waals surface area contributed by atoms with Gasteiger partial charge in [0, 0.05) is 23.8 Å². The van der Waals surface area contributed by atoms with Gasteiger partial charge >= 0.3 is 0 Å². The smallest absolute Gasteiger partial charge is 0.144 e. The van der Waals surface area contributed by atoms with Crippen LogP contribution in [0.15, 0.2) is 18.6 Å². The third-order valence-corrected chi connectivity index (χ3v) is 3.99. The Bertz CT molecular complexity index is 522. The molecule has 0 spiro atoms. The van der Waals surface area contributed by atoms with Crippen molar-refractivity contribution in [3.8, 4) is 10.7 Å². The lowest BCUT2D eigenvalue weighted by Crippen LogP contribution is -2.14. The van der Waals surface area contributed by atoms with E-state index >= 15 is 0 Å². The topological polar surface area (TPSA) is 50.7 Å². The first-order chi connectivity index (χ1) is 9.70. The van der Waals surface area contributed by atoms with Crippen LogP contribution in [0.4, 0.5) is 0 Å². The molecule has 0 saturated carbocycles. The molecule has 0 aliphatic heterocycles. The second-order valence-corrected chi connectivity index (χ2v) is 6.34. The highest BCUT2D eigenvalue weighted by molar-refractivity contribution is 7.15. The summed E-state index contributed by atoms with van der Waals surface area (Å²) in [6, 6.07) is 0. The normalized spacial score (nSPS) is 11.2. The van der Waals surface area contributed by atoms with Gasteiger partial charge in [0.15, 0.2) is 0 Å². The maximum absolute atomic E-state index is 4.78. The zero-order chi connectivity index (χ0) is 14.4. The summed E-state index contributed by atoms with van der Waals surface area (Å²) in [5, 5.41) is 4.44. The molecule has 0 amide bonds. The molecule has 108 valence electrons. The lowest BCUT2D eigenvalue weighted by molar-refractivity contribution is 0.623. The molecular formula is C15H22N4S. The Hall–Kier alpha value is -1.33. The first-order valence-corrected chi connectivity index (χ1v) is 7.98. The minimum atomic E-state index is 0.608. The number of thiazole rings is 1. The fraction of sp³-hybridized carbons (Fsp3) is 0.533. The van der Waals surface area contributed by atoms with Crippen molar-refractivity contribution >= 4 is 11.3 Å². The third-order valence-electron chi connectivity index (χ3n) is 2.87. The van der Waals surface area contributed by atoms with Crippen molar-refractivity contribution in [3.63, 3.8) is 0 Å². The molecule has 0 saturated heterocycles. The minimum absolute atomic E-state index is 0.608. The fourth-order valence-corrected chi connectivity index (χ4v) is 2.99. The average molecular weight is 290 g/mol. The van der Waals surface area contributed by atoms with Gasteiger partial charge in [-0.3, -0.25) is 9.97 Å². The van der Waals surface area contributed by atoms with Crippen molar-refractivity contribution in [2.24, 2.45) is 5.92 Å². The highest BCUT2D eigenvalue weighted by atomic mass is 32.1. The molecule has 20 heavy (non-hydrogen) atoms. The van der Waals surface area contributed by atoms with Gasteiger partial charge in [-0.25, -0.2) is 4.98 Å². The molecule has 0 aliphatic carbocycles. The van der Waals surface area contributed by atoms with Gasteiger partial charge in [-0.2, -0.15) is 0 Å². The van der Waals surface area contributed by atoms with Gasteiger partial charge in [-0.1, -0.05) is 20.8 Å². The van der Waals surface area contributed by atoms with E-state index in [1.54, 1.807) is 29.9 Å². The van der Waals surface area contributed by atoms with Crippen molar-refractivity contribution in [1.29, 1.82) is 0 Å². The zero-order valence-corrected chi connectivity index (χ0v) is 13.2. The highest BCUT2D eigenvalue weighted by Gasteiger charge is 2.14. The summed E-state index contributed by atoms with van der Waals surface area (Å²) in [4.78, 5) is 14.6. The average Bonchev–Trinajstić information content (AvgIpc) is 2.83. The lowest BCUT2D eigenvalue weighted by atomic mass is 10.1. The molecule has 0 aliphatic rings. The van der Waals surface area contributed by atoms with Gasteiger partial charge < -0.3 is 5.32 Å². The lowest BCUT2D eigenvalue weighted by Gasteiger charge is -2.05. The quantitative estimate of drug-likeness (QED) is 0.795. The Morgan fingerprint density at radius 1 is 1.30 bits per heavy atom. The van der Waals surface area contributed by atoms with E-state index in [9.17, 15) is 0 Å². The predicted molar refractivity (Wildman–Crippen MR) is 83.7 cm³/mol. The van der Waals surface area contributed by atoms with Crippen molar-refractivity contribution in [1.82, 2.24) is 20.3 Å². The fourth-order valence-electron chi connectivity index (χ4n) is 1.97. The monoisotopic (exact) mass is 290 g/mol. The van der Waals surface area contributed by atoms with Crippen LogP contribution in [0.2, 0.25) is 0 Å². The molecule has 2 rings (SSSR count). The van der Waals surface area contributed by atoms with Crippen LogP contribution < -0.4 is 5.32 Å². The number of nitrogens with one attached hydrogen (secondary N) is 1. The van der Waals surface area contributed by atoms with E-state index in [-0.39, 0.29) is 0 Å². The van der Waals surface area contributed by atoms with Gasteiger partial charge in [0.2, 0.25) is 0 Å². The van der Waals surface area contributed by atoms with Crippen LogP contribution >= 0.6 is 11.3 Å². The van der Waals surface area contributed by atoms with Crippen LogP contribution in [0.5, 0.6) is 0 Å². The van der Waals surface area contributed by atoms with Gasteiger partial charge in [-0.05, 0) is 25.3 Å². The maximum atomic E-state index is 4.78. The van der Waals surface area contributed by atoms with Crippen LogP contribution in [0, 0.1) is 5.92 Å². The minimum Gasteiger partial charge on any atom is -0.312 e. The molecule has 0 unspecified atom stereocenters. The largest absolute Gasteiger partial charge is 0.312 e. The van der Waals surface area contributed by atoms with Crippen LogP contribution in [-0.2, 0) is 13.0 Å². The molecule has 0 bridgehead atoms. The van der Waals surface area contributed by atoms with E-state index in [0.29, 0.717) is 5.92 Å². The van der Waals surface area contributed by atoms with E-state index in [1.807, 2.05) is 0 Å². The molecule has 0 radical (unpaired) electrons. The van der Waals surface area contributed by atoms with E-state index in [4.69, 9.17) is 4.98 Å². The van der Waals surface area contributed by atoms with Crippen LogP contribution in [0.1, 0.15) is 37.8 Å². The highest BCUT2D eigenvalue weighted by Crippen LogP contribution is 2.27. The van der Waals surface area contributed by atoms with Crippen LogP contribution in [0.3, 0.4) is 0 Å². The predicted octanol–water partition coefficient (Wildman–Crippen LogP) is 3.30.